The van der Waals surface area contributed by atoms with Crippen molar-refractivity contribution in [2.24, 2.45) is 5.73 Å². The number of nitrogens with one attached hydrogen (secondary N) is 1. The van der Waals surface area contributed by atoms with Crippen molar-refractivity contribution in [1.29, 1.82) is 0 Å². The highest BCUT2D eigenvalue weighted by molar-refractivity contribution is 7.84. The van der Waals surface area contributed by atoms with Crippen LogP contribution in [0.2, 0.25) is 0 Å². The van der Waals surface area contributed by atoms with E-state index in [1.54, 1.807) is 24.5 Å². The molecule has 18 heavy (non-hydrogen) atoms. The number of carbonyl (C=O) groups is 1. The first kappa shape index (κ1) is 14.5. The molecule has 0 aliphatic rings. The minimum Gasteiger partial charge on any atom is -0.398 e. The maximum Gasteiger partial charge on any atom is 0.250 e. The molecule has 1 aromatic rings. The van der Waals surface area contributed by atoms with Gasteiger partial charge in [0.25, 0.3) is 5.91 Å². The van der Waals surface area contributed by atoms with Gasteiger partial charge in [-0.1, -0.05) is 0 Å². The first-order valence-electron chi connectivity index (χ1n) is 5.66. The quantitative estimate of drug-likeness (QED) is 0.669. The van der Waals surface area contributed by atoms with Gasteiger partial charge < -0.3 is 16.8 Å². The minimum absolute atomic E-state index is 0.165. The van der Waals surface area contributed by atoms with E-state index in [2.05, 4.69) is 5.32 Å². The number of anilines is 2. The molecule has 2 unspecified atom stereocenters. The van der Waals surface area contributed by atoms with Crippen molar-refractivity contribution in [2.75, 3.05) is 23.1 Å². The molecule has 0 aliphatic carbocycles. The Balaban J connectivity index is 2.70. The molecule has 0 bridgehead atoms. The lowest BCUT2D eigenvalue weighted by Crippen LogP contribution is -2.19. The molecule has 0 heterocycles. The number of hydrogen-bond donors (Lipinski definition) is 3. The molecule has 0 spiro atoms. The minimum atomic E-state index is -0.794. The summed E-state index contributed by atoms with van der Waals surface area (Å²) in [6, 6.07) is 5.24. The van der Waals surface area contributed by atoms with Crippen LogP contribution in [-0.2, 0) is 10.8 Å². The number of nitrogen functional groups attached to an aromatic ring is 1. The zero-order valence-corrected chi connectivity index (χ0v) is 11.4. The maximum atomic E-state index is 11.1. The molecule has 0 saturated carbocycles. The standard InChI is InChI=1S/C12H19N3O2S/c1-8(5-6-18(2)17)15-9-3-4-11(13)10(7-9)12(14)16/h3-4,7-8,15H,5-6,13H2,1-2H3,(H2,14,16). The van der Waals surface area contributed by atoms with Crippen LogP contribution in [0.3, 0.4) is 0 Å². The van der Waals surface area contributed by atoms with Crippen LogP contribution in [0.15, 0.2) is 18.2 Å². The lowest BCUT2D eigenvalue weighted by molar-refractivity contribution is 0.100. The summed E-state index contributed by atoms with van der Waals surface area (Å²) in [5.74, 6) is 0.102. The molecule has 0 aromatic heterocycles. The molecule has 5 nitrogen and oxygen atoms in total. The van der Waals surface area contributed by atoms with Gasteiger partial charge in [0.05, 0.1) is 5.56 Å². The zero-order chi connectivity index (χ0) is 13.7. The van der Waals surface area contributed by atoms with Crippen LogP contribution in [0.25, 0.3) is 0 Å². The Hall–Kier alpha value is -1.56. The molecule has 2 atom stereocenters. The Labute approximate surface area is 109 Å². The Morgan fingerprint density at radius 1 is 1.50 bits per heavy atom. The SMILES string of the molecule is CC(CCS(C)=O)Nc1ccc(N)c(C(N)=O)c1. The predicted octanol–water partition coefficient (Wildman–Crippen LogP) is 0.937. The van der Waals surface area contributed by atoms with Crippen molar-refractivity contribution in [3.8, 4) is 0 Å². The van der Waals surface area contributed by atoms with Gasteiger partial charge >= 0.3 is 0 Å². The first-order chi connectivity index (χ1) is 8.40. The summed E-state index contributed by atoms with van der Waals surface area (Å²) >= 11 is 0. The number of benzene rings is 1. The Morgan fingerprint density at radius 3 is 2.72 bits per heavy atom. The fourth-order valence-electron chi connectivity index (χ4n) is 1.56. The summed E-state index contributed by atoms with van der Waals surface area (Å²) in [7, 11) is -0.794. The van der Waals surface area contributed by atoms with E-state index >= 15 is 0 Å². The fraction of sp³-hybridized carbons (Fsp3) is 0.417. The molecule has 1 rings (SSSR count). The molecule has 1 aromatic carbocycles. The summed E-state index contributed by atoms with van der Waals surface area (Å²) in [6.07, 6.45) is 2.47. The zero-order valence-electron chi connectivity index (χ0n) is 10.6. The second kappa shape index (κ2) is 6.39. The van der Waals surface area contributed by atoms with Gasteiger partial charge in [-0.25, -0.2) is 0 Å². The van der Waals surface area contributed by atoms with Gasteiger partial charge in [-0.15, -0.1) is 0 Å². The molecular formula is C12H19N3O2S. The highest BCUT2D eigenvalue weighted by Gasteiger charge is 2.08. The molecule has 100 valence electrons. The molecule has 0 saturated heterocycles. The summed E-state index contributed by atoms with van der Waals surface area (Å²) in [5.41, 5.74) is 12.3. The molecule has 0 radical (unpaired) electrons. The van der Waals surface area contributed by atoms with Crippen molar-refractivity contribution in [3.63, 3.8) is 0 Å². The highest BCUT2D eigenvalue weighted by Crippen LogP contribution is 2.18. The number of carbonyl (C=O) groups excluding carboxylic acids is 1. The van der Waals surface area contributed by atoms with E-state index < -0.39 is 16.7 Å². The van der Waals surface area contributed by atoms with Gasteiger partial charge in [0.2, 0.25) is 0 Å². The van der Waals surface area contributed by atoms with Gasteiger partial charge in [0.15, 0.2) is 0 Å². The average Bonchev–Trinajstić information content (AvgIpc) is 2.28. The highest BCUT2D eigenvalue weighted by atomic mass is 32.2. The van der Waals surface area contributed by atoms with E-state index in [1.165, 1.54) is 0 Å². The number of amides is 1. The van der Waals surface area contributed by atoms with Gasteiger partial charge in [-0.2, -0.15) is 0 Å². The van der Waals surface area contributed by atoms with E-state index in [4.69, 9.17) is 11.5 Å². The van der Waals surface area contributed by atoms with E-state index in [-0.39, 0.29) is 6.04 Å². The predicted molar refractivity (Wildman–Crippen MR) is 76.0 cm³/mol. The van der Waals surface area contributed by atoms with E-state index in [0.717, 1.165) is 12.1 Å². The lowest BCUT2D eigenvalue weighted by atomic mass is 10.1. The average molecular weight is 269 g/mol. The van der Waals surface area contributed by atoms with Crippen LogP contribution >= 0.6 is 0 Å². The monoisotopic (exact) mass is 269 g/mol. The van der Waals surface area contributed by atoms with Crippen molar-refractivity contribution in [1.82, 2.24) is 0 Å². The number of nitrogens with two attached hydrogens (primary N) is 2. The van der Waals surface area contributed by atoms with Gasteiger partial charge in [0, 0.05) is 40.2 Å². The summed E-state index contributed by atoms with van der Waals surface area (Å²) < 4.78 is 11.0. The lowest BCUT2D eigenvalue weighted by Gasteiger charge is -2.15. The van der Waals surface area contributed by atoms with Crippen LogP contribution in [0.4, 0.5) is 11.4 Å². The van der Waals surface area contributed by atoms with E-state index in [1.807, 2.05) is 6.92 Å². The fourth-order valence-corrected chi connectivity index (χ4v) is 2.24. The van der Waals surface area contributed by atoms with Crippen molar-refractivity contribution >= 4 is 28.1 Å². The summed E-state index contributed by atoms with van der Waals surface area (Å²) in [4.78, 5) is 11.1. The number of hydrogen-bond acceptors (Lipinski definition) is 4. The second-order valence-electron chi connectivity index (χ2n) is 4.28. The molecule has 0 aliphatic heterocycles. The van der Waals surface area contributed by atoms with E-state index in [0.29, 0.717) is 17.0 Å². The van der Waals surface area contributed by atoms with Crippen LogP contribution in [0.5, 0.6) is 0 Å². The Kier molecular flexibility index (Phi) is 5.15. The Morgan fingerprint density at radius 2 is 2.17 bits per heavy atom. The number of rotatable bonds is 6. The van der Waals surface area contributed by atoms with Gasteiger partial charge in [0.1, 0.15) is 0 Å². The van der Waals surface area contributed by atoms with Crippen molar-refractivity contribution in [3.05, 3.63) is 23.8 Å². The smallest absolute Gasteiger partial charge is 0.250 e. The van der Waals surface area contributed by atoms with E-state index in [9.17, 15) is 9.00 Å². The number of primary amides is 1. The van der Waals surface area contributed by atoms with Crippen LogP contribution in [-0.4, -0.2) is 28.2 Å². The van der Waals surface area contributed by atoms with Crippen LogP contribution in [0, 0.1) is 0 Å². The molecule has 1 amide bonds. The third kappa shape index (κ3) is 4.37. The third-order valence-electron chi connectivity index (χ3n) is 2.57. The Bertz CT molecular complexity index is 463. The van der Waals surface area contributed by atoms with Gasteiger partial charge in [-0.05, 0) is 31.5 Å². The van der Waals surface area contributed by atoms with Crippen molar-refractivity contribution in [2.45, 2.75) is 19.4 Å². The van der Waals surface area contributed by atoms with Crippen molar-refractivity contribution < 1.29 is 9.00 Å². The second-order valence-corrected chi connectivity index (χ2v) is 5.83. The van der Waals surface area contributed by atoms with Gasteiger partial charge in [-0.3, -0.25) is 9.00 Å². The topological polar surface area (TPSA) is 98.2 Å². The van der Waals surface area contributed by atoms with Crippen LogP contribution in [0.1, 0.15) is 23.7 Å². The first-order valence-corrected chi connectivity index (χ1v) is 7.38. The molecular weight excluding hydrogens is 250 g/mol. The largest absolute Gasteiger partial charge is 0.398 e. The summed E-state index contributed by atoms with van der Waals surface area (Å²) in [5, 5.41) is 3.22. The normalized spacial score (nSPS) is 13.9. The third-order valence-corrected chi connectivity index (χ3v) is 3.38. The van der Waals surface area contributed by atoms with Crippen LogP contribution < -0.4 is 16.8 Å². The molecule has 5 N–H and O–H groups in total. The summed E-state index contributed by atoms with van der Waals surface area (Å²) in [6.45, 7) is 1.99. The molecule has 0 fully saturated rings. The molecule has 6 heteroatoms. The maximum absolute atomic E-state index is 11.1.